The van der Waals surface area contributed by atoms with Gasteiger partial charge in [0.2, 0.25) is 0 Å². The smallest absolute Gasteiger partial charge is 0.259 e. The molecule has 0 atom stereocenters. The maximum atomic E-state index is 13.3. The highest BCUT2D eigenvalue weighted by molar-refractivity contribution is 6.09. The average molecular weight is 550 g/mol. The largest absolute Gasteiger partial charge is 0.495 e. The van der Waals surface area contributed by atoms with Gasteiger partial charge in [-0.3, -0.25) is 19.6 Å². The highest BCUT2D eigenvalue weighted by Gasteiger charge is 2.23. The summed E-state index contributed by atoms with van der Waals surface area (Å²) >= 11 is 0. The lowest BCUT2D eigenvalue weighted by atomic mass is 9.84. The number of aryl methyl sites for hydroxylation is 1. The molecular formula is C32H31N5O4. The first-order valence-corrected chi connectivity index (χ1v) is 12.9. The summed E-state index contributed by atoms with van der Waals surface area (Å²) in [7, 11) is 1.42. The molecule has 0 aliphatic heterocycles. The number of nitrogens with zero attached hydrogens (tertiary/aromatic N) is 3. The van der Waals surface area contributed by atoms with Crippen molar-refractivity contribution in [1.29, 1.82) is 5.26 Å². The van der Waals surface area contributed by atoms with Crippen LogP contribution in [0, 0.1) is 18.3 Å². The second kappa shape index (κ2) is 12.3. The van der Waals surface area contributed by atoms with E-state index in [0.29, 0.717) is 35.0 Å². The van der Waals surface area contributed by atoms with Gasteiger partial charge in [0.1, 0.15) is 24.2 Å². The van der Waals surface area contributed by atoms with E-state index in [1.165, 1.54) is 13.3 Å². The van der Waals surface area contributed by atoms with Crippen molar-refractivity contribution in [3.63, 3.8) is 0 Å². The molecule has 0 spiro atoms. The Kier molecular flexibility index (Phi) is 8.63. The van der Waals surface area contributed by atoms with Crippen molar-refractivity contribution in [1.82, 2.24) is 9.97 Å². The number of ether oxygens (including phenoxy) is 2. The third kappa shape index (κ3) is 7.05. The van der Waals surface area contributed by atoms with E-state index in [1.807, 2.05) is 32.9 Å². The molecule has 2 N–H and O–H groups in total. The van der Waals surface area contributed by atoms with Crippen LogP contribution in [0.3, 0.4) is 0 Å². The molecule has 0 unspecified atom stereocenters. The van der Waals surface area contributed by atoms with Crippen LogP contribution in [-0.4, -0.2) is 28.9 Å². The summed E-state index contributed by atoms with van der Waals surface area (Å²) in [5.74, 6) is -0.0265. The third-order valence-electron chi connectivity index (χ3n) is 6.35. The molecule has 0 saturated heterocycles. The minimum absolute atomic E-state index is 0.184. The van der Waals surface area contributed by atoms with Gasteiger partial charge in [-0.15, -0.1) is 0 Å². The van der Waals surface area contributed by atoms with E-state index in [1.54, 1.807) is 61.8 Å². The van der Waals surface area contributed by atoms with Crippen LogP contribution < -0.4 is 20.1 Å². The molecule has 4 aromatic rings. The van der Waals surface area contributed by atoms with Crippen molar-refractivity contribution in [3.05, 3.63) is 107 Å². The Hall–Kier alpha value is -5.23. The molecule has 2 aromatic heterocycles. The highest BCUT2D eigenvalue weighted by atomic mass is 16.5. The van der Waals surface area contributed by atoms with Gasteiger partial charge in [-0.05, 0) is 66.4 Å². The zero-order chi connectivity index (χ0) is 29.6. The van der Waals surface area contributed by atoms with Crippen LogP contribution >= 0.6 is 0 Å². The van der Waals surface area contributed by atoms with Crippen LogP contribution in [0.2, 0.25) is 0 Å². The normalized spacial score (nSPS) is 10.8. The standard InChI is InChI=1S/C32H31N5O4/c1-20-27(30(38)36-24-8-10-26(11-9-24)41-19-21-7-6-12-34-17-21)15-25(18-35-20)37-31(39)28-14-23(32(2,3)4)13-22(16-33)29(28)40-5/h6-15,17-18H,19H2,1-5H3,(H,36,38)(H,37,39). The number of nitriles is 1. The summed E-state index contributed by atoms with van der Waals surface area (Å²) < 4.78 is 11.2. The Morgan fingerprint density at radius 2 is 1.66 bits per heavy atom. The SMILES string of the molecule is COc1c(C#N)cc(C(C)(C)C)cc1C(=O)Nc1cnc(C)c(C(=O)Nc2ccc(OCc3cccnc3)cc2)c1. The van der Waals surface area contributed by atoms with Gasteiger partial charge in [-0.2, -0.15) is 5.26 Å². The summed E-state index contributed by atoms with van der Waals surface area (Å²) in [4.78, 5) is 34.8. The number of carbonyl (C=O) groups excluding carboxylic acids is 2. The number of pyridine rings is 2. The Morgan fingerprint density at radius 3 is 2.29 bits per heavy atom. The van der Waals surface area contributed by atoms with Crippen molar-refractivity contribution in [2.45, 2.75) is 39.7 Å². The van der Waals surface area contributed by atoms with Crippen molar-refractivity contribution >= 4 is 23.2 Å². The van der Waals surface area contributed by atoms with Crippen molar-refractivity contribution in [2.75, 3.05) is 17.7 Å². The number of benzene rings is 2. The zero-order valence-electron chi connectivity index (χ0n) is 23.6. The maximum absolute atomic E-state index is 13.3. The van der Waals surface area contributed by atoms with Crippen molar-refractivity contribution in [2.24, 2.45) is 0 Å². The number of aromatic nitrogens is 2. The molecule has 9 heteroatoms. The van der Waals surface area contributed by atoms with Crippen LogP contribution in [0.1, 0.15) is 63.9 Å². The highest BCUT2D eigenvalue weighted by Crippen LogP contribution is 2.32. The fraction of sp³-hybridized carbons (Fsp3) is 0.219. The van der Waals surface area contributed by atoms with Gasteiger partial charge >= 0.3 is 0 Å². The van der Waals surface area contributed by atoms with Gasteiger partial charge < -0.3 is 20.1 Å². The van der Waals surface area contributed by atoms with E-state index < -0.39 is 5.91 Å². The third-order valence-corrected chi connectivity index (χ3v) is 6.35. The lowest BCUT2D eigenvalue weighted by molar-refractivity contribution is 0.101. The molecule has 2 amide bonds. The molecule has 0 bridgehead atoms. The Morgan fingerprint density at radius 1 is 0.951 bits per heavy atom. The molecule has 41 heavy (non-hydrogen) atoms. The summed E-state index contributed by atoms with van der Waals surface area (Å²) in [5.41, 5.74) is 3.64. The van der Waals surface area contributed by atoms with Gasteiger partial charge in [0, 0.05) is 23.6 Å². The van der Waals surface area contributed by atoms with E-state index in [9.17, 15) is 14.9 Å². The molecular weight excluding hydrogens is 518 g/mol. The fourth-order valence-electron chi connectivity index (χ4n) is 4.05. The Labute approximate surface area is 239 Å². The number of nitrogens with one attached hydrogen (secondary N) is 2. The second-order valence-electron chi connectivity index (χ2n) is 10.4. The topological polar surface area (TPSA) is 126 Å². The number of rotatable bonds is 8. The van der Waals surface area contributed by atoms with Crippen LogP contribution in [0.25, 0.3) is 0 Å². The second-order valence-corrected chi connectivity index (χ2v) is 10.4. The summed E-state index contributed by atoms with van der Waals surface area (Å²) in [5, 5.41) is 15.3. The quantitative estimate of drug-likeness (QED) is 0.274. The minimum atomic E-state index is -0.483. The Bertz CT molecular complexity index is 1600. The van der Waals surface area contributed by atoms with Gasteiger partial charge in [0.15, 0.2) is 0 Å². The molecule has 4 rings (SSSR count). The van der Waals surface area contributed by atoms with Gasteiger partial charge in [-0.25, -0.2) is 0 Å². The summed E-state index contributed by atoms with van der Waals surface area (Å²) in [6.07, 6.45) is 4.92. The zero-order valence-corrected chi connectivity index (χ0v) is 23.6. The molecule has 9 nitrogen and oxygen atoms in total. The van der Waals surface area contributed by atoms with Crippen LogP contribution in [0.4, 0.5) is 11.4 Å². The molecule has 0 saturated carbocycles. The molecule has 0 fully saturated rings. The first-order valence-electron chi connectivity index (χ1n) is 12.9. The predicted molar refractivity (Wildman–Crippen MR) is 156 cm³/mol. The predicted octanol–water partition coefficient (Wildman–Crippen LogP) is 6.05. The number of methoxy groups -OCH3 is 1. The Balaban J connectivity index is 1.49. The van der Waals surface area contributed by atoms with E-state index in [2.05, 4.69) is 26.7 Å². The molecule has 2 heterocycles. The van der Waals surface area contributed by atoms with Crippen molar-refractivity contribution in [3.8, 4) is 17.6 Å². The van der Waals surface area contributed by atoms with Gasteiger partial charge in [0.05, 0.1) is 41.4 Å². The van der Waals surface area contributed by atoms with Gasteiger partial charge in [-0.1, -0.05) is 26.8 Å². The van der Waals surface area contributed by atoms with E-state index in [4.69, 9.17) is 9.47 Å². The maximum Gasteiger partial charge on any atom is 0.259 e. The minimum Gasteiger partial charge on any atom is -0.495 e. The molecule has 0 radical (unpaired) electrons. The van der Waals surface area contributed by atoms with E-state index >= 15 is 0 Å². The molecule has 2 aromatic carbocycles. The fourth-order valence-corrected chi connectivity index (χ4v) is 4.05. The molecule has 0 aliphatic carbocycles. The van der Waals surface area contributed by atoms with Crippen LogP contribution in [0.5, 0.6) is 11.5 Å². The van der Waals surface area contributed by atoms with Crippen molar-refractivity contribution < 1.29 is 19.1 Å². The number of carbonyl (C=O) groups is 2. The molecule has 0 aliphatic rings. The first-order chi connectivity index (χ1) is 19.6. The number of hydrogen-bond donors (Lipinski definition) is 2. The summed E-state index contributed by atoms with van der Waals surface area (Å²) in [6.45, 7) is 8.08. The van der Waals surface area contributed by atoms with Crippen LogP contribution in [-0.2, 0) is 12.0 Å². The number of hydrogen-bond acceptors (Lipinski definition) is 7. The number of anilines is 2. The average Bonchev–Trinajstić information content (AvgIpc) is 2.96. The lowest BCUT2D eigenvalue weighted by Crippen LogP contribution is -2.19. The number of amides is 2. The van der Waals surface area contributed by atoms with E-state index in [0.717, 1.165) is 11.1 Å². The monoisotopic (exact) mass is 549 g/mol. The molecule has 208 valence electrons. The first kappa shape index (κ1) is 28.8. The summed E-state index contributed by atoms with van der Waals surface area (Å²) in [6, 6.07) is 17.9. The van der Waals surface area contributed by atoms with E-state index in [-0.39, 0.29) is 28.2 Å². The van der Waals surface area contributed by atoms with Gasteiger partial charge in [0.25, 0.3) is 11.8 Å². The van der Waals surface area contributed by atoms with Crippen LogP contribution in [0.15, 0.2) is 73.2 Å². The lowest BCUT2D eigenvalue weighted by Gasteiger charge is -2.22.